The van der Waals surface area contributed by atoms with Crippen LogP contribution in [0.25, 0.3) is 5.65 Å². The van der Waals surface area contributed by atoms with E-state index in [0.717, 1.165) is 0 Å². The van der Waals surface area contributed by atoms with E-state index in [4.69, 9.17) is 4.74 Å². The topological polar surface area (TPSA) is 84.1 Å². The molecule has 6 nitrogen and oxygen atoms in total. The van der Waals surface area contributed by atoms with Crippen molar-refractivity contribution in [1.29, 1.82) is 0 Å². The van der Waals surface area contributed by atoms with Gasteiger partial charge in [0.1, 0.15) is 5.69 Å². The van der Waals surface area contributed by atoms with Crippen LogP contribution in [-0.2, 0) is 0 Å². The first-order chi connectivity index (χ1) is 13.1. The molecule has 0 aliphatic heterocycles. The van der Waals surface area contributed by atoms with E-state index >= 15 is 0 Å². The molecule has 150 valence electrons. The van der Waals surface area contributed by atoms with Crippen molar-refractivity contribution in [3.63, 3.8) is 0 Å². The Morgan fingerprint density at radius 3 is 2.57 bits per heavy atom. The fourth-order valence-corrected chi connectivity index (χ4v) is 3.29. The molecule has 0 saturated heterocycles. The highest BCUT2D eigenvalue weighted by atomic mass is 35.5. The van der Waals surface area contributed by atoms with Crippen molar-refractivity contribution in [3.8, 4) is 5.75 Å². The molecule has 0 bridgehead atoms. The quantitative estimate of drug-likeness (QED) is 0.562. The van der Waals surface area contributed by atoms with Crippen LogP contribution in [0.5, 0.6) is 5.75 Å². The van der Waals surface area contributed by atoms with E-state index in [1.165, 1.54) is 0 Å². The van der Waals surface area contributed by atoms with E-state index in [0.29, 0.717) is 35.0 Å². The molecule has 28 heavy (non-hydrogen) atoms. The number of halogens is 1. The first kappa shape index (κ1) is 21.9. The number of carbonyl (C=O) groups excluding carboxylic acids is 1. The predicted molar refractivity (Wildman–Crippen MR) is 109 cm³/mol. The monoisotopic (exact) mass is 404 g/mol. The third kappa shape index (κ3) is 4.35. The SMILES string of the molecule is CCOc1cccn2c(C(=O)C[C@H](CO)[C@H](O)c3ccccc3)c(C)nc12.Cl. The maximum atomic E-state index is 13.0. The van der Waals surface area contributed by atoms with Crippen molar-refractivity contribution < 1.29 is 19.7 Å². The van der Waals surface area contributed by atoms with Gasteiger partial charge in [0.05, 0.1) is 18.4 Å². The number of aromatic nitrogens is 2. The van der Waals surface area contributed by atoms with Gasteiger partial charge in [-0.25, -0.2) is 4.98 Å². The minimum Gasteiger partial charge on any atom is -0.490 e. The van der Waals surface area contributed by atoms with E-state index in [1.807, 2.05) is 31.2 Å². The van der Waals surface area contributed by atoms with E-state index in [9.17, 15) is 15.0 Å². The maximum Gasteiger partial charge on any atom is 0.181 e. The molecular formula is C21H25ClN2O4. The number of ether oxygens (including phenoxy) is 1. The third-order valence-electron chi connectivity index (χ3n) is 4.62. The van der Waals surface area contributed by atoms with Crippen molar-refractivity contribution in [3.05, 3.63) is 65.6 Å². The second-order valence-electron chi connectivity index (χ2n) is 6.47. The van der Waals surface area contributed by atoms with Gasteiger partial charge in [-0.2, -0.15) is 0 Å². The number of aryl methyl sites for hydroxylation is 1. The summed E-state index contributed by atoms with van der Waals surface area (Å²) in [6.45, 7) is 3.88. The fraction of sp³-hybridized carbons (Fsp3) is 0.333. The molecule has 3 aromatic rings. The molecule has 2 atom stereocenters. The molecule has 1 aromatic carbocycles. The molecule has 3 rings (SSSR count). The van der Waals surface area contributed by atoms with Crippen LogP contribution in [0.4, 0.5) is 0 Å². The molecule has 7 heteroatoms. The number of ketones is 1. The fourth-order valence-electron chi connectivity index (χ4n) is 3.29. The van der Waals surface area contributed by atoms with Crippen LogP contribution in [0.1, 0.15) is 41.2 Å². The lowest BCUT2D eigenvalue weighted by Gasteiger charge is -2.20. The summed E-state index contributed by atoms with van der Waals surface area (Å²) in [6, 6.07) is 12.7. The molecule has 2 aromatic heterocycles. The smallest absolute Gasteiger partial charge is 0.181 e. The van der Waals surface area contributed by atoms with Crippen LogP contribution in [0, 0.1) is 12.8 Å². The Kier molecular flexibility index (Phi) is 7.57. The third-order valence-corrected chi connectivity index (χ3v) is 4.62. The minimum atomic E-state index is -0.918. The van der Waals surface area contributed by atoms with Crippen LogP contribution in [0.3, 0.4) is 0 Å². The van der Waals surface area contributed by atoms with Gasteiger partial charge in [0, 0.05) is 25.1 Å². The summed E-state index contributed by atoms with van der Waals surface area (Å²) in [6.07, 6.45) is 0.867. The highest BCUT2D eigenvalue weighted by Gasteiger charge is 2.26. The summed E-state index contributed by atoms with van der Waals surface area (Å²) >= 11 is 0. The van der Waals surface area contributed by atoms with Crippen molar-refractivity contribution in [1.82, 2.24) is 9.38 Å². The number of aliphatic hydroxyl groups excluding tert-OH is 2. The van der Waals surface area contributed by atoms with Gasteiger partial charge in [-0.05, 0) is 31.5 Å². The summed E-state index contributed by atoms with van der Waals surface area (Å²) in [5, 5.41) is 20.3. The zero-order chi connectivity index (χ0) is 19.4. The average Bonchev–Trinajstić information content (AvgIpc) is 3.03. The predicted octanol–water partition coefficient (Wildman–Crippen LogP) is 3.38. The summed E-state index contributed by atoms with van der Waals surface area (Å²) in [5.74, 6) is -0.159. The molecule has 2 heterocycles. The van der Waals surface area contributed by atoms with Crippen molar-refractivity contribution in [2.75, 3.05) is 13.2 Å². The van der Waals surface area contributed by atoms with Gasteiger partial charge in [0.2, 0.25) is 0 Å². The molecule has 0 saturated carbocycles. The molecule has 2 N–H and O–H groups in total. The molecule has 0 amide bonds. The lowest BCUT2D eigenvalue weighted by molar-refractivity contribution is 0.0549. The van der Waals surface area contributed by atoms with Crippen molar-refractivity contribution in [2.24, 2.45) is 5.92 Å². The standard InChI is InChI=1S/C21H24N2O4.ClH/c1-3-27-18-10-7-11-23-19(14(2)22-21(18)23)17(25)12-16(13-24)20(26)15-8-5-4-6-9-15;/h4-11,16,20,24,26H,3,12-13H2,1-2H3;1H/t16-,20-;/m1./s1. The average molecular weight is 405 g/mol. The first-order valence-corrected chi connectivity index (χ1v) is 9.04. The molecule has 0 aliphatic rings. The molecule has 0 radical (unpaired) electrons. The zero-order valence-electron chi connectivity index (χ0n) is 15.9. The van der Waals surface area contributed by atoms with Crippen molar-refractivity contribution >= 4 is 23.8 Å². The number of aliphatic hydroxyl groups is 2. The van der Waals surface area contributed by atoms with E-state index in [1.54, 1.807) is 35.7 Å². The number of hydrogen-bond donors (Lipinski definition) is 2. The minimum absolute atomic E-state index is 0. The van der Waals surface area contributed by atoms with Crippen LogP contribution in [0.2, 0.25) is 0 Å². The summed E-state index contributed by atoms with van der Waals surface area (Å²) in [7, 11) is 0. The number of fused-ring (bicyclic) bond motifs is 1. The Balaban J connectivity index is 0.00000280. The Morgan fingerprint density at radius 2 is 1.93 bits per heavy atom. The van der Waals surface area contributed by atoms with E-state index < -0.39 is 12.0 Å². The van der Waals surface area contributed by atoms with Crippen LogP contribution in [-0.4, -0.2) is 38.6 Å². The van der Waals surface area contributed by atoms with Gasteiger partial charge in [-0.15, -0.1) is 12.4 Å². The highest BCUT2D eigenvalue weighted by Crippen LogP contribution is 2.28. The number of Topliss-reactive ketones (excluding diaryl/α,β-unsaturated/α-hetero) is 1. The Morgan fingerprint density at radius 1 is 1.21 bits per heavy atom. The second-order valence-corrected chi connectivity index (χ2v) is 6.47. The molecule has 0 fully saturated rings. The normalized spacial score (nSPS) is 13.0. The molecule has 0 unspecified atom stereocenters. The number of hydrogen-bond acceptors (Lipinski definition) is 5. The van der Waals surface area contributed by atoms with E-state index in [-0.39, 0.29) is 31.2 Å². The summed E-state index contributed by atoms with van der Waals surface area (Å²) in [4.78, 5) is 17.5. The van der Waals surface area contributed by atoms with E-state index in [2.05, 4.69) is 4.98 Å². The number of nitrogens with zero attached hydrogens (tertiary/aromatic N) is 2. The summed E-state index contributed by atoms with van der Waals surface area (Å²) in [5.41, 5.74) is 2.31. The van der Waals surface area contributed by atoms with Gasteiger partial charge < -0.3 is 14.9 Å². The molecule has 0 spiro atoms. The maximum absolute atomic E-state index is 13.0. The number of rotatable bonds is 8. The van der Waals surface area contributed by atoms with Gasteiger partial charge in [0.15, 0.2) is 17.2 Å². The van der Waals surface area contributed by atoms with Crippen molar-refractivity contribution in [2.45, 2.75) is 26.4 Å². The zero-order valence-corrected chi connectivity index (χ0v) is 16.7. The van der Waals surface area contributed by atoms with Gasteiger partial charge >= 0.3 is 0 Å². The molecule has 0 aliphatic carbocycles. The van der Waals surface area contributed by atoms with Crippen LogP contribution in [0.15, 0.2) is 48.7 Å². The van der Waals surface area contributed by atoms with Crippen LogP contribution < -0.4 is 4.74 Å². The Bertz CT molecular complexity index is 927. The summed E-state index contributed by atoms with van der Waals surface area (Å²) < 4.78 is 7.31. The second kappa shape index (κ2) is 9.68. The van der Waals surface area contributed by atoms with Gasteiger partial charge in [-0.1, -0.05) is 30.3 Å². The number of pyridine rings is 1. The Labute approximate surface area is 170 Å². The highest BCUT2D eigenvalue weighted by molar-refractivity contribution is 5.97. The lowest BCUT2D eigenvalue weighted by atomic mass is 9.91. The van der Waals surface area contributed by atoms with Gasteiger partial charge in [-0.3, -0.25) is 9.20 Å². The largest absolute Gasteiger partial charge is 0.490 e. The number of imidazole rings is 1. The number of benzene rings is 1. The van der Waals surface area contributed by atoms with Crippen LogP contribution >= 0.6 is 12.4 Å². The number of carbonyl (C=O) groups is 1. The van der Waals surface area contributed by atoms with Gasteiger partial charge in [0.25, 0.3) is 0 Å². The lowest BCUT2D eigenvalue weighted by Crippen LogP contribution is -2.21. The molecular weight excluding hydrogens is 380 g/mol. The Hall–Kier alpha value is -2.41. The first-order valence-electron chi connectivity index (χ1n) is 9.04.